The summed E-state index contributed by atoms with van der Waals surface area (Å²) in [5.41, 5.74) is 0. The molecule has 0 aliphatic rings. The average Bonchev–Trinajstić information content (AvgIpc) is 2.28. The third-order valence-corrected chi connectivity index (χ3v) is 13.0. The second kappa shape index (κ2) is 9.85. The standard InChI is InChI=1S/C16H48O5Si7/c1-15(22,19-27(8,9)10)16(24-21-23,20-28(11,12)13)14(17-25(2,3)4)18-26(5,6)7/h14H,24H2,1-13,22-23H3. The van der Waals surface area contributed by atoms with Crippen LogP contribution in [-0.4, -0.2) is 80.5 Å². The van der Waals surface area contributed by atoms with Gasteiger partial charge in [-0.1, -0.05) is 0 Å². The third kappa shape index (κ3) is 10.6. The van der Waals surface area contributed by atoms with Gasteiger partial charge < -0.3 is 21.8 Å². The van der Waals surface area contributed by atoms with Crippen molar-refractivity contribution in [2.45, 2.75) is 102 Å². The van der Waals surface area contributed by atoms with Crippen LogP contribution in [0, 0.1) is 0 Å². The van der Waals surface area contributed by atoms with Crippen molar-refractivity contribution in [2.75, 3.05) is 0 Å². The Bertz CT molecular complexity index is 476. The second-order valence-corrected chi connectivity index (χ2v) is 35.4. The van der Waals surface area contributed by atoms with Crippen LogP contribution < -0.4 is 0 Å². The lowest BCUT2D eigenvalue weighted by atomic mass is 10.2. The molecule has 12 heteroatoms. The monoisotopic (exact) mass is 516 g/mol. The number of rotatable bonds is 12. The van der Waals surface area contributed by atoms with Crippen molar-refractivity contribution in [3.63, 3.8) is 0 Å². The van der Waals surface area contributed by atoms with E-state index in [2.05, 4.69) is 85.5 Å². The van der Waals surface area contributed by atoms with Crippen LogP contribution in [0.15, 0.2) is 0 Å². The molecule has 170 valence electrons. The molecule has 0 N–H and O–H groups in total. The van der Waals surface area contributed by atoms with Crippen LogP contribution >= 0.6 is 0 Å². The quantitative estimate of drug-likeness (QED) is 0.293. The topological polar surface area (TPSA) is 46.2 Å². The van der Waals surface area contributed by atoms with Gasteiger partial charge in [-0.15, -0.1) is 0 Å². The molecule has 0 amide bonds. The first-order chi connectivity index (χ1) is 12.0. The summed E-state index contributed by atoms with van der Waals surface area (Å²) >= 11 is 0. The van der Waals surface area contributed by atoms with Crippen LogP contribution in [0.3, 0.4) is 0 Å². The molecule has 0 spiro atoms. The van der Waals surface area contributed by atoms with Gasteiger partial charge in [-0.25, -0.2) is 0 Å². The zero-order valence-corrected chi connectivity index (χ0v) is 30.7. The van der Waals surface area contributed by atoms with Crippen LogP contribution in [-0.2, 0) is 21.8 Å². The van der Waals surface area contributed by atoms with E-state index in [-0.39, 0.29) is 0 Å². The lowest BCUT2D eigenvalue weighted by molar-refractivity contribution is -0.163. The predicted molar refractivity (Wildman–Crippen MR) is 142 cm³/mol. The summed E-state index contributed by atoms with van der Waals surface area (Å²) in [5, 5.41) is -1.04. The molecule has 0 rings (SSSR count). The Morgan fingerprint density at radius 3 is 1.29 bits per heavy atom. The highest BCUT2D eigenvalue weighted by Crippen LogP contribution is 2.39. The lowest BCUT2D eigenvalue weighted by Crippen LogP contribution is -2.73. The van der Waals surface area contributed by atoms with Gasteiger partial charge in [0.2, 0.25) is 0 Å². The Balaban J connectivity index is 6.67. The van der Waals surface area contributed by atoms with E-state index in [1.807, 2.05) is 0 Å². The van der Waals surface area contributed by atoms with Crippen molar-refractivity contribution in [3.8, 4) is 0 Å². The maximum Gasteiger partial charge on any atom is 0.187 e. The first kappa shape index (κ1) is 29.3. The minimum atomic E-state index is -1.93. The molecule has 28 heavy (non-hydrogen) atoms. The van der Waals surface area contributed by atoms with Crippen LogP contribution in [0.4, 0.5) is 0 Å². The van der Waals surface area contributed by atoms with E-state index in [1.165, 1.54) is 0 Å². The van der Waals surface area contributed by atoms with Gasteiger partial charge in [0.15, 0.2) is 49.3 Å². The molecule has 0 bridgehead atoms. The summed E-state index contributed by atoms with van der Waals surface area (Å²) in [6.07, 6.45) is -0.419. The first-order valence-corrected chi connectivity index (χ1v) is 27.0. The Hall–Kier alpha value is 1.32. The Morgan fingerprint density at radius 1 is 0.679 bits per heavy atom. The van der Waals surface area contributed by atoms with Crippen molar-refractivity contribution in [2.24, 2.45) is 0 Å². The van der Waals surface area contributed by atoms with Crippen molar-refractivity contribution in [1.82, 2.24) is 0 Å². The van der Waals surface area contributed by atoms with Gasteiger partial charge in [0.25, 0.3) is 0 Å². The molecule has 0 saturated heterocycles. The molecule has 0 fully saturated rings. The summed E-state index contributed by atoms with van der Waals surface area (Å²) < 4.78 is 33.5. The first-order valence-electron chi connectivity index (χ1n) is 10.3. The van der Waals surface area contributed by atoms with E-state index < -0.39 is 59.8 Å². The molecule has 2 atom stereocenters. The zero-order valence-electron chi connectivity index (χ0n) is 21.3. The van der Waals surface area contributed by atoms with Crippen LogP contribution in [0.5, 0.6) is 0 Å². The molecular weight excluding hydrogens is 469 g/mol. The SMILES string of the molecule is CC([SiH3])(O[Si](C)(C)C)C(O[Si](C)(C)C)([SiH2]O[SiH3])C(O[Si](C)(C)C)O[Si](C)(C)C. The fraction of sp³-hybridized carbons (Fsp3) is 1.00. The van der Waals surface area contributed by atoms with E-state index >= 15 is 0 Å². The second-order valence-electron chi connectivity index (χ2n) is 12.1. The largest absolute Gasteiger partial charge is 0.466 e. The van der Waals surface area contributed by atoms with Gasteiger partial charge in [-0.05, 0) is 85.5 Å². The van der Waals surface area contributed by atoms with Gasteiger partial charge in [0.05, 0.1) is 5.22 Å². The summed E-state index contributed by atoms with van der Waals surface area (Å²) in [6, 6.07) is 0. The molecule has 0 aromatic rings. The summed E-state index contributed by atoms with van der Waals surface area (Å²) in [4.78, 5) is 0. The minimum absolute atomic E-state index is 0.418. The molecule has 2 unspecified atom stereocenters. The molecule has 0 aromatic carbocycles. The molecule has 0 saturated carbocycles. The van der Waals surface area contributed by atoms with Crippen molar-refractivity contribution in [1.29, 1.82) is 0 Å². The highest BCUT2D eigenvalue weighted by molar-refractivity contribution is 6.72. The maximum atomic E-state index is 7.05. The highest BCUT2D eigenvalue weighted by atomic mass is 28.4. The molecule has 0 aromatic heterocycles. The van der Waals surface area contributed by atoms with Gasteiger partial charge in [-0.2, -0.15) is 0 Å². The van der Waals surface area contributed by atoms with Gasteiger partial charge in [-0.3, -0.25) is 0 Å². The number of hydrogen-bond acceptors (Lipinski definition) is 5. The Morgan fingerprint density at radius 2 is 1.04 bits per heavy atom. The van der Waals surface area contributed by atoms with Gasteiger partial charge in [0.1, 0.15) is 15.7 Å². The minimum Gasteiger partial charge on any atom is -0.466 e. The van der Waals surface area contributed by atoms with Crippen LogP contribution in [0.2, 0.25) is 78.6 Å². The Labute approximate surface area is 187 Å². The molecule has 5 nitrogen and oxygen atoms in total. The van der Waals surface area contributed by atoms with Gasteiger partial charge >= 0.3 is 0 Å². The fourth-order valence-corrected chi connectivity index (χ4v) is 15.5. The molecule has 0 heterocycles. The maximum absolute atomic E-state index is 7.05. The van der Waals surface area contributed by atoms with E-state index in [1.54, 1.807) is 0 Å². The predicted octanol–water partition coefficient (Wildman–Crippen LogP) is 1.88. The van der Waals surface area contributed by atoms with Crippen LogP contribution in [0.1, 0.15) is 6.92 Å². The smallest absolute Gasteiger partial charge is 0.187 e. The average molecular weight is 517 g/mol. The Kier molecular flexibility index (Phi) is 10.3. The third-order valence-electron chi connectivity index (χ3n) is 3.73. The summed E-state index contributed by atoms with van der Waals surface area (Å²) in [5.74, 6) is 0. The molecular formula is C16H48O5Si7. The van der Waals surface area contributed by atoms with Crippen LogP contribution in [0.25, 0.3) is 0 Å². The van der Waals surface area contributed by atoms with E-state index in [0.29, 0.717) is 10.5 Å². The van der Waals surface area contributed by atoms with Crippen molar-refractivity contribution in [3.05, 3.63) is 0 Å². The summed E-state index contributed by atoms with van der Waals surface area (Å²) in [6.45, 7) is 29.0. The summed E-state index contributed by atoms with van der Waals surface area (Å²) in [7, 11) is -7.11. The van der Waals surface area contributed by atoms with Crippen molar-refractivity contribution >= 4 is 63.8 Å². The number of hydrogen-bond donors (Lipinski definition) is 0. The normalized spacial score (nSPS) is 19.5. The fourth-order valence-electron chi connectivity index (χ4n) is 3.20. The van der Waals surface area contributed by atoms with E-state index in [4.69, 9.17) is 21.8 Å². The van der Waals surface area contributed by atoms with Crippen molar-refractivity contribution < 1.29 is 21.8 Å². The van der Waals surface area contributed by atoms with Gasteiger partial charge in [0, 0.05) is 10.2 Å². The molecule has 0 aliphatic heterocycles. The lowest BCUT2D eigenvalue weighted by Gasteiger charge is -2.55. The molecule has 0 aliphatic carbocycles. The highest BCUT2D eigenvalue weighted by Gasteiger charge is 2.58. The van der Waals surface area contributed by atoms with E-state index in [0.717, 1.165) is 10.2 Å². The zero-order chi connectivity index (χ0) is 22.8. The molecule has 0 radical (unpaired) electrons. The van der Waals surface area contributed by atoms with E-state index in [9.17, 15) is 0 Å².